The van der Waals surface area contributed by atoms with Gasteiger partial charge in [-0.25, -0.2) is 0 Å². The molecule has 0 aromatic heterocycles. The van der Waals surface area contributed by atoms with Gasteiger partial charge in [-0.3, -0.25) is 34.2 Å². The van der Waals surface area contributed by atoms with E-state index >= 15 is 0 Å². The van der Waals surface area contributed by atoms with Gasteiger partial charge in [0.05, 0.1) is 12.5 Å². The van der Waals surface area contributed by atoms with E-state index in [2.05, 4.69) is 38.8 Å². The lowest BCUT2D eigenvalue weighted by Gasteiger charge is -2.27. The lowest BCUT2D eigenvalue weighted by atomic mass is 10.0. The quantitative estimate of drug-likeness (QED) is 0.0280. The number of aliphatic hydroxyl groups excluding tert-OH is 1. The number of amides is 5. The van der Waals surface area contributed by atoms with Crippen LogP contribution in [0.5, 0.6) is 0 Å². The van der Waals surface area contributed by atoms with Crippen molar-refractivity contribution in [3.63, 3.8) is 0 Å². The average Bonchev–Trinajstić information content (AvgIpc) is 3.08. The van der Waals surface area contributed by atoms with E-state index < -0.39 is 72.2 Å². The Kier molecular flexibility index (Phi) is 27.3. The molecule has 53 heavy (non-hydrogen) atoms. The zero-order chi connectivity index (χ0) is 40.2. The summed E-state index contributed by atoms with van der Waals surface area (Å²) in [6, 6.07) is -5.30. The van der Waals surface area contributed by atoms with E-state index in [1.807, 2.05) is 13.8 Å². The van der Waals surface area contributed by atoms with Gasteiger partial charge < -0.3 is 47.8 Å². The van der Waals surface area contributed by atoms with Crippen LogP contribution in [0, 0.1) is 11.3 Å². The Morgan fingerprint density at radius 1 is 0.660 bits per heavy atom. The molecule has 0 rings (SSSR count). The highest BCUT2D eigenvalue weighted by Gasteiger charge is 2.33. The number of guanidine groups is 1. The maximum atomic E-state index is 13.4. The lowest BCUT2D eigenvalue weighted by molar-refractivity contribution is -0.142. The van der Waals surface area contributed by atoms with Gasteiger partial charge in [-0.15, -0.1) is 0 Å². The first-order chi connectivity index (χ1) is 25.1. The maximum Gasteiger partial charge on any atom is 0.305 e. The van der Waals surface area contributed by atoms with Gasteiger partial charge in [0, 0.05) is 20.0 Å². The van der Waals surface area contributed by atoms with Crippen molar-refractivity contribution in [2.24, 2.45) is 11.7 Å². The van der Waals surface area contributed by atoms with Gasteiger partial charge in [0.15, 0.2) is 5.96 Å². The minimum atomic E-state index is -1.67. The number of nitrogens with one attached hydrogen (secondary N) is 7. The molecule has 0 aromatic carbocycles. The monoisotopic (exact) mass is 755 g/mol. The highest BCUT2D eigenvalue weighted by atomic mass is 16.4. The Hall–Kier alpha value is -3.95. The second-order valence-corrected chi connectivity index (χ2v) is 14.3. The number of carbonyl (C=O) groups is 6. The largest absolute Gasteiger partial charge is 0.481 e. The highest BCUT2D eigenvalue weighted by molar-refractivity contribution is 5.97. The van der Waals surface area contributed by atoms with Crippen LogP contribution in [-0.2, 0) is 28.8 Å². The smallest absolute Gasteiger partial charge is 0.305 e. The van der Waals surface area contributed by atoms with Crippen LogP contribution < -0.4 is 37.6 Å². The third-order valence-electron chi connectivity index (χ3n) is 8.80. The molecule has 0 heterocycles. The Morgan fingerprint density at radius 2 is 1.15 bits per heavy atom. The van der Waals surface area contributed by atoms with Gasteiger partial charge in [-0.1, -0.05) is 97.8 Å². The summed E-state index contributed by atoms with van der Waals surface area (Å²) in [5.74, 6) is -5.25. The van der Waals surface area contributed by atoms with Crippen LogP contribution >= 0.6 is 0 Å². The van der Waals surface area contributed by atoms with Gasteiger partial charge in [0.25, 0.3) is 0 Å². The highest BCUT2D eigenvalue weighted by Crippen LogP contribution is 2.13. The first-order valence-corrected chi connectivity index (χ1v) is 19.5. The lowest BCUT2D eigenvalue weighted by Crippen LogP contribution is -2.60. The number of nitrogens with two attached hydrogens (primary N) is 1. The molecule has 0 saturated heterocycles. The van der Waals surface area contributed by atoms with E-state index in [0.717, 1.165) is 25.7 Å². The summed E-state index contributed by atoms with van der Waals surface area (Å²) in [4.78, 5) is 76.9. The molecule has 0 aliphatic carbocycles. The molecular weight excluding hydrogens is 684 g/mol. The number of hydrogen-bond donors (Lipinski definition) is 10. The minimum absolute atomic E-state index is 0.0132. The summed E-state index contributed by atoms with van der Waals surface area (Å²) in [5.41, 5.74) is 5.33. The van der Waals surface area contributed by atoms with Crippen molar-refractivity contribution in [3.8, 4) is 0 Å². The Balaban J connectivity index is 5.31. The normalized spacial score (nSPS) is 13.9. The van der Waals surface area contributed by atoms with Crippen molar-refractivity contribution >= 4 is 41.5 Å². The summed E-state index contributed by atoms with van der Waals surface area (Å²) in [5, 5.41) is 42.2. The predicted octanol–water partition coefficient (Wildman–Crippen LogP) is 2.32. The van der Waals surface area contributed by atoms with Crippen LogP contribution in [0.25, 0.3) is 0 Å². The molecule has 11 N–H and O–H groups in total. The van der Waals surface area contributed by atoms with Crippen LogP contribution in [0.2, 0.25) is 0 Å². The Morgan fingerprint density at radius 3 is 1.62 bits per heavy atom. The number of likely N-dealkylation sites (N-methyl/N-ethyl adjacent to an activating group) is 1. The van der Waals surface area contributed by atoms with Crippen molar-refractivity contribution in [2.45, 2.75) is 174 Å². The molecule has 0 saturated carbocycles. The molecule has 0 bridgehead atoms. The number of hydrogen-bond acceptors (Lipinski definition) is 8. The second-order valence-electron chi connectivity index (χ2n) is 14.3. The number of carboxylic acids is 1. The van der Waals surface area contributed by atoms with Crippen molar-refractivity contribution in [3.05, 3.63) is 0 Å². The molecule has 5 amide bonds. The molecule has 0 aliphatic heterocycles. The van der Waals surface area contributed by atoms with E-state index in [4.69, 9.17) is 11.1 Å². The van der Waals surface area contributed by atoms with E-state index in [-0.39, 0.29) is 37.7 Å². The molecule has 1 unspecified atom stereocenters. The molecule has 306 valence electrons. The first-order valence-electron chi connectivity index (χ1n) is 19.5. The zero-order valence-corrected chi connectivity index (χ0v) is 32.8. The minimum Gasteiger partial charge on any atom is -0.481 e. The SMILES string of the molecule is CCCCCCCCCCCCCCCC(=O)NC(C(=O)N[C@@H](CC(=O)O)C(=O)N[C@@H](CCCNC(=N)N)C(=O)N[C@@H](CC(C)C)C(=O)NC)[C@@H](C)O. The van der Waals surface area contributed by atoms with Crippen molar-refractivity contribution in [1.29, 1.82) is 5.41 Å². The van der Waals surface area contributed by atoms with Crippen LogP contribution in [0.4, 0.5) is 0 Å². The fourth-order valence-electron chi connectivity index (χ4n) is 5.82. The van der Waals surface area contributed by atoms with Gasteiger partial charge >= 0.3 is 5.97 Å². The van der Waals surface area contributed by atoms with Crippen LogP contribution in [0.1, 0.15) is 143 Å². The standard InChI is InChI=1S/C37H70N8O8/c1-6-7-8-9-10-11-12-13-14-15-16-17-18-21-30(47)45-32(26(4)46)36(53)44-29(24-31(48)49)35(52)42-27(20-19-22-41-37(38)39)34(51)43-28(23-25(2)3)33(50)40-5/h25-29,32,46H,6-24H2,1-5H3,(H,40,50)(H,42,52)(H,43,51)(H,44,53)(H,45,47)(H,48,49)(H4,38,39,41)/t26-,27+,28+,29+,32?/m1/s1. The molecule has 16 nitrogen and oxygen atoms in total. The Labute approximate surface area is 316 Å². The Bertz CT molecular complexity index is 1120. The first kappa shape index (κ1) is 49.0. The molecule has 0 fully saturated rings. The fraction of sp³-hybridized carbons (Fsp3) is 0.811. The van der Waals surface area contributed by atoms with Crippen molar-refractivity contribution in [2.75, 3.05) is 13.6 Å². The summed E-state index contributed by atoms with van der Waals surface area (Å²) >= 11 is 0. The zero-order valence-electron chi connectivity index (χ0n) is 32.8. The number of rotatable bonds is 31. The fourth-order valence-corrected chi connectivity index (χ4v) is 5.82. The predicted molar refractivity (Wildman–Crippen MR) is 205 cm³/mol. The maximum absolute atomic E-state index is 13.4. The number of aliphatic hydroxyl groups is 1. The van der Waals surface area contributed by atoms with E-state index in [1.54, 1.807) is 0 Å². The average molecular weight is 755 g/mol. The van der Waals surface area contributed by atoms with Crippen LogP contribution in [0.3, 0.4) is 0 Å². The van der Waals surface area contributed by atoms with Gasteiger partial charge in [0.2, 0.25) is 29.5 Å². The summed E-state index contributed by atoms with van der Waals surface area (Å²) < 4.78 is 0. The summed E-state index contributed by atoms with van der Waals surface area (Å²) in [7, 11) is 1.43. The second kappa shape index (κ2) is 29.5. The number of carboxylic acid groups (broad SMARTS) is 1. The molecular formula is C37H70N8O8. The van der Waals surface area contributed by atoms with Crippen molar-refractivity contribution in [1.82, 2.24) is 31.9 Å². The third kappa shape index (κ3) is 24.8. The topological polar surface area (TPSA) is 265 Å². The summed E-state index contributed by atoms with van der Waals surface area (Å²) in [6.45, 7) is 7.44. The molecule has 5 atom stereocenters. The third-order valence-corrected chi connectivity index (χ3v) is 8.80. The van der Waals surface area contributed by atoms with Crippen LogP contribution in [-0.4, -0.2) is 95.5 Å². The van der Waals surface area contributed by atoms with Crippen LogP contribution in [0.15, 0.2) is 0 Å². The van der Waals surface area contributed by atoms with Crippen molar-refractivity contribution < 1.29 is 39.0 Å². The molecule has 0 spiro atoms. The molecule has 0 radical (unpaired) electrons. The molecule has 0 aromatic rings. The summed E-state index contributed by atoms with van der Waals surface area (Å²) in [6.07, 6.45) is 13.4. The van der Waals surface area contributed by atoms with Gasteiger partial charge in [0.1, 0.15) is 24.2 Å². The van der Waals surface area contributed by atoms with Gasteiger partial charge in [-0.2, -0.15) is 0 Å². The van der Waals surface area contributed by atoms with E-state index in [1.165, 1.54) is 65.3 Å². The van der Waals surface area contributed by atoms with Gasteiger partial charge in [-0.05, 0) is 38.5 Å². The number of aliphatic carboxylic acids is 1. The molecule has 16 heteroatoms. The molecule has 0 aliphatic rings. The van der Waals surface area contributed by atoms with E-state index in [0.29, 0.717) is 12.8 Å². The van der Waals surface area contributed by atoms with E-state index in [9.17, 15) is 39.0 Å². The number of unbranched alkanes of at least 4 members (excludes halogenated alkanes) is 12. The number of carbonyl (C=O) groups excluding carboxylic acids is 5.